The molecule has 1 heterocycles. The molecule has 1 amide bonds. The fraction of sp³-hybridized carbons (Fsp3) is 0.409. The van der Waals surface area contributed by atoms with Crippen molar-refractivity contribution in [1.29, 1.82) is 0 Å². The number of nitrogens with one attached hydrogen (secondary N) is 1. The first-order valence-electron chi connectivity index (χ1n) is 10.0. The Kier molecular flexibility index (Phi) is 7.03. The first-order chi connectivity index (χ1) is 13.9. The van der Waals surface area contributed by atoms with Gasteiger partial charge in [0.15, 0.2) is 0 Å². The second kappa shape index (κ2) is 9.50. The highest BCUT2D eigenvalue weighted by molar-refractivity contribution is 7.89. The summed E-state index contributed by atoms with van der Waals surface area (Å²) in [7, 11) is -3.67. The predicted molar refractivity (Wildman–Crippen MR) is 110 cm³/mol. The maximum Gasteiger partial charge on any atom is 0.243 e. The Morgan fingerprint density at radius 2 is 1.72 bits per heavy atom. The van der Waals surface area contributed by atoms with Crippen molar-refractivity contribution in [3.8, 4) is 0 Å². The van der Waals surface area contributed by atoms with Crippen molar-refractivity contribution in [2.24, 2.45) is 5.92 Å². The van der Waals surface area contributed by atoms with E-state index >= 15 is 0 Å². The number of carbonyl (C=O) groups excluding carboxylic acids is 1. The van der Waals surface area contributed by atoms with E-state index in [0.29, 0.717) is 12.8 Å². The van der Waals surface area contributed by atoms with Crippen LogP contribution < -0.4 is 5.32 Å². The maximum atomic E-state index is 13.1. The van der Waals surface area contributed by atoms with Crippen molar-refractivity contribution in [1.82, 2.24) is 9.62 Å². The number of benzene rings is 2. The smallest absolute Gasteiger partial charge is 0.243 e. The Bertz CT molecular complexity index is 909. The zero-order valence-electron chi connectivity index (χ0n) is 16.6. The number of nitrogens with zero attached hydrogens (tertiary/aromatic N) is 1. The van der Waals surface area contributed by atoms with Crippen LogP contribution >= 0.6 is 0 Å². The SMILES string of the molecule is CCC[C@@H](NC(=O)C1CCN(S(=O)(=O)c2ccc(F)cc2)CC1)c1ccccc1. The predicted octanol–water partition coefficient (Wildman–Crippen LogP) is 3.88. The van der Waals surface area contributed by atoms with Crippen LogP contribution in [0.3, 0.4) is 0 Å². The molecule has 2 aromatic carbocycles. The Hall–Kier alpha value is -2.25. The topological polar surface area (TPSA) is 66.5 Å². The van der Waals surface area contributed by atoms with Crippen molar-refractivity contribution in [3.05, 3.63) is 66.0 Å². The van der Waals surface area contributed by atoms with Gasteiger partial charge in [-0.05, 0) is 49.1 Å². The van der Waals surface area contributed by atoms with E-state index in [4.69, 9.17) is 0 Å². The highest BCUT2D eigenvalue weighted by Gasteiger charge is 2.32. The van der Waals surface area contributed by atoms with Gasteiger partial charge in [0.2, 0.25) is 15.9 Å². The minimum atomic E-state index is -3.67. The molecule has 0 aliphatic carbocycles. The number of rotatable bonds is 7. The first-order valence-corrected chi connectivity index (χ1v) is 11.5. The summed E-state index contributed by atoms with van der Waals surface area (Å²) >= 11 is 0. The molecule has 1 aliphatic rings. The van der Waals surface area contributed by atoms with Crippen LogP contribution in [0.4, 0.5) is 4.39 Å². The molecule has 1 aliphatic heterocycles. The fourth-order valence-corrected chi connectivity index (χ4v) is 5.17. The summed E-state index contributed by atoms with van der Waals surface area (Å²) in [4.78, 5) is 12.9. The number of hydrogen-bond acceptors (Lipinski definition) is 3. The normalized spacial score (nSPS) is 17.0. The minimum Gasteiger partial charge on any atom is -0.349 e. The average molecular weight is 419 g/mol. The molecule has 1 fully saturated rings. The maximum absolute atomic E-state index is 13.1. The third-order valence-electron chi connectivity index (χ3n) is 5.37. The van der Waals surface area contributed by atoms with Gasteiger partial charge in [-0.2, -0.15) is 4.31 Å². The average Bonchev–Trinajstić information content (AvgIpc) is 2.74. The van der Waals surface area contributed by atoms with E-state index in [1.54, 1.807) is 0 Å². The molecule has 0 saturated carbocycles. The lowest BCUT2D eigenvalue weighted by molar-refractivity contribution is -0.127. The molecule has 1 saturated heterocycles. The van der Waals surface area contributed by atoms with E-state index in [1.807, 2.05) is 30.3 Å². The van der Waals surface area contributed by atoms with Crippen molar-refractivity contribution < 1.29 is 17.6 Å². The Morgan fingerprint density at radius 3 is 2.31 bits per heavy atom. The Morgan fingerprint density at radius 1 is 1.10 bits per heavy atom. The lowest BCUT2D eigenvalue weighted by Crippen LogP contribution is -2.43. The summed E-state index contributed by atoms with van der Waals surface area (Å²) in [5.74, 6) is -0.705. The van der Waals surface area contributed by atoms with Gasteiger partial charge < -0.3 is 5.32 Å². The van der Waals surface area contributed by atoms with Gasteiger partial charge >= 0.3 is 0 Å². The van der Waals surface area contributed by atoms with Crippen LogP contribution in [-0.2, 0) is 14.8 Å². The number of amides is 1. The standard InChI is InChI=1S/C22H27FN2O3S/c1-2-6-21(17-7-4-3-5-8-17)24-22(26)18-13-15-25(16-14-18)29(27,28)20-11-9-19(23)10-12-20/h3-5,7-12,18,21H,2,6,13-16H2,1H3,(H,24,26)/t21-/m1/s1. The van der Waals surface area contributed by atoms with Crippen LogP contribution in [0.15, 0.2) is 59.5 Å². The van der Waals surface area contributed by atoms with Crippen molar-refractivity contribution in [2.45, 2.75) is 43.5 Å². The summed E-state index contributed by atoms with van der Waals surface area (Å²) < 4.78 is 39.9. The molecule has 1 N–H and O–H groups in total. The fourth-order valence-electron chi connectivity index (χ4n) is 3.70. The molecular weight excluding hydrogens is 391 g/mol. The highest BCUT2D eigenvalue weighted by Crippen LogP contribution is 2.26. The number of sulfonamides is 1. The van der Waals surface area contributed by atoms with Crippen LogP contribution in [0.1, 0.15) is 44.2 Å². The lowest BCUT2D eigenvalue weighted by atomic mass is 9.95. The molecule has 0 spiro atoms. The number of carbonyl (C=O) groups is 1. The largest absolute Gasteiger partial charge is 0.349 e. The number of hydrogen-bond donors (Lipinski definition) is 1. The lowest BCUT2D eigenvalue weighted by Gasteiger charge is -2.31. The zero-order chi connectivity index (χ0) is 20.9. The summed E-state index contributed by atoms with van der Waals surface area (Å²) in [6, 6.07) is 14.7. The molecule has 156 valence electrons. The van der Waals surface area contributed by atoms with E-state index in [-0.39, 0.29) is 35.9 Å². The summed E-state index contributed by atoms with van der Waals surface area (Å²) in [6.07, 6.45) is 2.75. The molecule has 0 aromatic heterocycles. The van der Waals surface area contributed by atoms with Crippen LogP contribution in [0.2, 0.25) is 0 Å². The molecular formula is C22H27FN2O3S. The van der Waals surface area contributed by atoms with E-state index in [9.17, 15) is 17.6 Å². The number of halogens is 1. The summed E-state index contributed by atoms with van der Waals surface area (Å²) in [5.41, 5.74) is 1.08. The van der Waals surface area contributed by atoms with Gasteiger partial charge in [-0.1, -0.05) is 43.7 Å². The van der Waals surface area contributed by atoms with Crippen molar-refractivity contribution in [2.75, 3.05) is 13.1 Å². The highest BCUT2D eigenvalue weighted by atomic mass is 32.2. The van der Waals surface area contributed by atoms with Gasteiger partial charge in [-0.3, -0.25) is 4.79 Å². The quantitative estimate of drug-likeness (QED) is 0.742. The van der Waals surface area contributed by atoms with Gasteiger partial charge in [-0.15, -0.1) is 0 Å². The monoisotopic (exact) mass is 418 g/mol. The van der Waals surface area contributed by atoms with Gasteiger partial charge in [0.25, 0.3) is 0 Å². The van der Waals surface area contributed by atoms with E-state index in [1.165, 1.54) is 16.4 Å². The Balaban J connectivity index is 1.61. The van der Waals surface area contributed by atoms with Crippen LogP contribution in [-0.4, -0.2) is 31.7 Å². The molecule has 0 bridgehead atoms. The third kappa shape index (κ3) is 5.22. The van der Waals surface area contributed by atoms with Crippen LogP contribution in [0, 0.1) is 11.7 Å². The van der Waals surface area contributed by atoms with Gasteiger partial charge in [0, 0.05) is 19.0 Å². The van der Waals surface area contributed by atoms with E-state index in [0.717, 1.165) is 30.5 Å². The third-order valence-corrected chi connectivity index (χ3v) is 7.28. The minimum absolute atomic E-state index is 0.0221. The van der Waals surface area contributed by atoms with E-state index in [2.05, 4.69) is 12.2 Å². The molecule has 7 heteroatoms. The van der Waals surface area contributed by atoms with Gasteiger partial charge in [0.1, 0.15) is 5.82 Å². The van der Waals surface area contributed by atoms with Crippen LogP contribution in [0.5, 0.6) is 0 Å². The molecule has 5 nitrogen and oxygen atoms in total. The summed E-state index contributed by atoms with van der Waals surface area (Å²) in [6.45, 7) is 2.64. The zero-order valence-corrected chi connectivity index (χ0v) is 17.4. The molecule has 3 rings (SSSR count). The van der Waals surface area contributed by atoms with Gasteiger partial charge in [0.05, 0.1) is 10.9 Å². The molecule has 0 unspecified atom stereocenters. The molecule has 0 radical (unpaired) electrons. The molecule has 29 heavy (non-hydrogen) atoms. The molecule has 1 atom stereocenters. The van der Waals surface area contributed by atoms with Crippen molar-refractivity contribution >= 4 is 15.9 Å². The van der Waals surface area contributed by atoms with Gasteiger partial charge in [-0.25, -0.2) is 12.8 Å². The second-order valence-electron chi connectivity index (χ2n) is 7.39. The van der Waals surface area contributed by atoms with E-state index < -0.39 is 15.8 Å². The second-order valence-corrected chi connectivity index (χ2v) is 9.33. The van der Waals surface area contributed by atoms with Crippen molar-refractivity contribution in [3.63, 3.8) is 0 Å². The Labute approximate surface area is 172 Å². The first kappa shape index (κ1) is 21.5. The summed E-state index contributed by atoms with van der Waals surface area (Å²) in [5, 5.41) is 3.15. The molecule has 2 aromatic rings. The number of piperidine rings is 1. The van der Waals surface area contributed by atoms with Crippen LogP contribution in [0.25, 0.3) is 0 Å².